The molecule has 5 rings (SSSR count). The molecule has 3 aromatic rings. The van der Waals surface area contributed by atoms with Gasteiger partial charge in [-0.25, -0.2) is 4.98 Å². The van der Waals surface area contributed by atoms with Crippen LogP contribution in [0.2, 0.25) is 0 Å². The Morgan fingerprint density at radius 1 is 1.23 bits per heavy atom. The van der Waals surface area contributed by atoms with Crippen LogP contribution in [-0.4, -0.2) is 26.0 Å². The van der Waals surface area contributed by atoms with Gasteiger partial charge in [-0.3, -0.25) is 14.2 Å². The third-order valence-corrected chi connectivity index (χ3v) is 5.38. The van der Waals surface area contributed by atoms with E-state index in [9.17, 15) is 9.59 Å². The van der Waals surface area contributed by atoms with Crippen LogP contribution >= 0.6 is 0 Å². The number of hydrogen-bond acceptors (Lipinski definition) is 4. The highest BCUT2D eigenvalue weighted by Gasteiger charge is 2.38. The predicted octanol–water partition coefficient (Wildman–Crippen LogP) is 2.14. The van der Waals surface area contributed by atoms with Crippen molar-refractivity contribution in [1.82, 2.24) is 19.9 Å². The number of anilines is 1. The molecule has 2 aliphatic rings. The number of nitrogens with one attached hydrogen (secondary N) is 3. The molecule has 7 nitrogen and oxygen atoms in total. The van der Waals surface area contributed by atoms with Gasteiger partial charge >= 0.3 is 0 Å². The number of fused-ring (bicyclic) bond motifs is 2. The molecule has 3 heterocycles. The Morgan fingerprint density at radius 2 is 2.04 bits per heavy atom. The van der Waals surface area contributed by atoms with Crippen molar-refractivity contribution >= 4 is 22.8 Å². The highest BCUT2D eigenvalue weighted by molar-refractivity contribution is 6.01. The summed E-state index contributed by atoms with van der Waals surface area (Å²) in [4.78, 5) is 32.8. The first-order valence-electron chi connectivity index (χ1n) is 8.74. The number of benzene rings is 1. The zero-order valence-electron chi connectivity index (χ0n) is 14.6. The standard InChI is InChI=1S/C19H19N5O2/c1-19(6-7-19)23-18-22-15-10(4-3-5-11(15)17(26)24(18)2)13-8-12-14(21-13)9-20-16(12)25/h3-5,8,21H,6-7,9H2,1-2H3,(H,20,25)(H,22,23). The normalized spacial score (nSPS) is 17.2. The number of H-pyrrole nitrogens is 1. The Kier molecular flexibility index (Phi) is 2.90. The molecule has 26 heavy (non-hydrogen) atoms. The molecule has 0 unspecified atom stereocenters. The zero-order chi connectivity index (χ0) is 18.1. The van der Waals surface area contributed by atoms with Gasteiger partial charge in [0, 0.05) is 29.5 Å². The van der Waals surface area contributed by atoms with Gasteiger partial charge in [-0.05, 0) is 31.9 Å². The number of amides is 1. The van der Waals surface area contributed by atoms with Gasteiger partial charge in [-0.2, -0.15) is 0 Å². The van der Waals surface area contributed by atoms with Gasteiger partial charge in [0.1, 0.15) is 0 Å². The second-order valence-corrected chi connectivity index (χ2v) is 7.44. The van der Waals surface area contributed by atoms with Gasteiger partial charge in [0.05, 0.1) is 23.0 Å². The lowest BCUT2D eigenvalue weighted by Gasteiger charge is -2.16. The maximum atomic E-state index is 12.8. The lowest BCUT2D eigenvalue weighted by Crippen LogP contribution is -2.27. The summed E-state index contributed by atoms with van der Waals surface area (Å²) in [5.74, 6) is 0.502. The van der Waals surface area contributed by atoms with Crippen molar-refractivity contribution in [2.24, 2.45) is 7.05 Å². The molecule has 1 aliphatic heterocycles. The monoisotopic (exact) mass is 349 g/mol. The van der Waals surface area contributed by atoms with Gasteiger partial charge < -0.3 is 15.6 Å². The number of carbonyl (C=O) groups excluding carboxylic acids is 1. The maximum absolute atomic E-state index is 12.8. The smallest absolute Gasteiger partial charge is 0.262 e. The average molecular weight is 349 g/mol. The molecule has 1 amide bonds. The van der Waals surface area contributed by atoms with Crippen LogP contribution in [0.1, 0.15) is 35.8 Å². The summed E-state index contributed by atoms with van der Waals surface area (Å²) in [7, 11) is 1.74. The van der Waals surface area contributed by atoms with Gasteiger partial charge in [-0.15, -0.1) is 0 Å². The molecular weight excluding hydrogens is 330 g/mol. The van der Waals surface area contributed by atoms with Crippen molar-refractivity contribution < 1.29 is 4.79 Å². The minimum Gasteiger partial charge on any atom is -0.356 e. The molecule has 0 bridgehead atoms. The molecule has 2 aromatic heterocycles. The molecule has 1 aliphatic carbocycles. The molecule has 0 saturated heterocycles. The molecule has 3 N–H and O–H groups in total. The van der Waals surface area contributed by atoms with E-state index in [1.807, 2.05) is 18.2 Å². The van der Waals surface area contributed by atoms with Crippen LogP contribution in [0.4, 0.5) is 5.95 Å². The van der Waals surface area contributed by atoms with Crippen molar-refractivity contribution in [1.29, 1.82) is 0 Å². The van der Waals surface area contributed by atoms with Gasteiger partial charge in [-0.1, -0.05) is 12.1 Å². The number of para-hydroxylation sites is 1. The third-order valence-electron chi connectivity index (χ3n) is 5.38. The molecule has 0 spiro atoms. The summed E-state index contributed by atoms with van der Waals surface area (Å²) in [6, 6.07) is 7.40. The van der Waals surface area contributed by atoms with E-state index in [0.717, 1.165) is 29.8 Å². The van der Waals surface area contributed by atoms with Crippen molar-refractivity contribution in [2.75, 3.05) is 5.32 Å². The number of nitrogens with zero attached hydrogens (tertiary/aromatic N) is 2. The fourth-order valence-corrected chi connectivity index (χ4v) is 3.45. The Bertz CT molecular complexity index is 1140. The highest BCUT2D eigenvalue weighted by atomic mass is 16.2. The van der Waals surface area contributed by atoms with Crippen LogP contribution in [0.3, 0.4) is 0 Å². The molecule has 1 fully saturated rings. The summed E-state index contributed by atoms with van der Waals surface area (Å²) in [5, 5.41) is 6.75. The lowest BCUT2D eigenvalue weighted by atomic mass is 10.1. The topological polar surface area (TPSA) is 91.8 Å². The quantitative estimate of drug-likeness (QED) is 0.675. The number of aromatic amines is 1. The summed E-state index contributed by atoms with van der Waals surface area (Å²) in [5.41, 5.74) is 3.74. The minimum atomic E-state index is -0.0829. The number of carbonyl (C=O) groups is 1. The number of rotatable bonds is 3. The van der Waals surface area contributed by atoms with Crippen molar-refractivity contribution in [3.05, 3.63) is 45.9 Å². The second kappa shape index (κ2) is 4.97. The van der Waals surface area contributed by atoms with E-state index < -0.39 is 0 Å². The van der Waals surface area contributed by atoms with Crippen LogP contribution in [-0.2, 0) is 13.6 Å². The fraction of sp³-hybridized carbons (Fsp3) is 0.316. The second-order valence-electron chi connectivity index (χ2n) is 7.44. The Hall–Kier alpha value is -3.09. The van der Waals surface area contributed by atoms with E-state index >= 15 is 0 Å². The van der Waals surface area contributed by atoms with E-state index in [4.69, 9.17) is 4.98 Å². The molecule has 0 radical (unpaired) electrons. The summed E-state index contributed by atoms with van der Waals surface area (Å²) in [6.07, 6.45) is 2.14. The van der Waals surface area contributed by atoms with Gasteiger partial charge in [0.15, 0.2) is 0 Å². The van der Waals surface area contributed by atoms with Gasteiger partial charge in [0.2, 0.25) is 5.95 Å². The van der Waals surface area contributed by atoms with Crippen molar-refractivity contribution in [2.45, 2.75) is 31.8 Å². The Morgan fingerprint density at radius 3 is 2.77 bits per heavy atom. The number of aromatic nitrogens is 3. The van der Waals surface area contributed by atoms with Crippen molar-refractivity contribution in [3.63, 3.8) is 0 Å². The molecule has 1 aromatic carbocycles. The van der Waals surface area contributed by atoms with Crippen LogP contribution in [0, 0.1) is 0 Å². The van der Waals surface area contributed by atoms with E-state index in [1.54, 1.807) is 17.7 Å². The first kappa shape index (κ1) is 15.2. The predicted molar refractivity (Wildman–Crippen MR) is 99.2 cm³/mol. The maximum Gasteiger partial charge on any atom is 0.262 e. The van der Waals surface area contributed by atoms with Gasteiger partial charge in [0.25, 0.3) is 11.5 Å². The molecule has 0 atom stereocenters. The number of hydrogen-bond donors (Lipinski definition) is 3. The summed E-state index contributed by atoms with van der Waals surface area (Å²) in [6.45, 7) is 2.63. The summed E-state index contributed by atoms with van der Waals surface area (Å²) < 4.78 is 1.57. The molecule has 1 saturated carbocycles. The molecule has 132 valence electrons. The molecular formula is C19H19N5O2. The van der Waals surface area contributed by atoms with Crippen LogP contribution in [0.25, 0.3) is 22.2 Å². The first-order valence-corrected chi connectivity index (χ1v) is 8.74. The Balaban J connectivity index is 1.72. The highest BCUT2D eigenvalue weighted by Crippen LogP contribution is 2.38. The first-order chi connectivity index (χ1) is 12.5. The fourth-order valence-electron chi connectivity index (χ4n) is 3.45. The SMILES string of the molecule is Cn1c(NC2(C)CC2)nc2c(-c3cc4c([nH]3)CNC4=O)cccc2c1=O. The van der Waals surface area contributed by atoms with Crippen molar-refractivity contribution in [3.8, 4) is 11.3 Å². The average Bonchev–Trinajstić information content (AvgIpc) is 3.04. The van der Waals surface area contributed by atoms with Crippen LogP contribution in [0.5, 0.6) is 0 Å². The largest absolute Gasteiger partial charge is 0.356 e. The summed E-state index contributed by atoms with van der Waals surface area (Å²) >= 11 is 0. The third kappa shape index (κ3) is 2.16. The van der Waals surface area contributed by atoms with Crippen LogP contribution < -0.4 is 16.2 Å². The Labute approximate surface area is 149 Å². The van der Waals surface area contributed by atoms with E-state index in [1.165, 1.54) is 0 Å². The van der Waals surface area contributed by atoms with E-state index in [0.29, 0.717) is 29.0 Å². The van der Waals surface area contributed by atoms with E-state index in [-0.39, 0.29) is 17.0 Å². The zero-order valence-corrected chi connectivity index (χ0v) is 14.6. The molecule has 7 heteroatoms. The van der Waals surface area contributed by atoms with Crippen LogP contribution in [0.15, 0.2) is 29.1 Å². The minimum absolute atomic E-state index is 0.0194. The lowest BCUT2D eigenvalue weighted by molar-refractivity contribution is 0.0966. The van der Waals surface area contributed by atoms with E-state index in [2.05, 4.69) is 22.5 Å².